The van der Waals surface area contributed by atoms with E-state index in [1.54, 1.807) is 6.07 Å². The Labute approximate surface area is 127 Å². The first kappa shape index (κ1) is 15.2. The van der Waals surface area contributed by atoms with E-state index < -0.39 is 6.10 Å². The Hall–Kier alpha value is -1.19. The van der Waals surface area contributed by atoms with Gasteiger partial charge in [-0.3, -0.25) is 0 Å². The SMILES string of the molecule is Cc1ccc(C)c(CC(O)Cc2cccc(F)c2Br)c1. The molecule has 2 rings (SSSR count). The van der Waals surface area contributed by atoms with Crippen LogP contribution in [0.25, 0.3) is 0 Å². The van der Waals surface area contributed by atoms with E-state index in [-0.39, 0.29) is 5.82 Å². The molecule has 0 saturated carbocycles. The first-order chi connectivity index (χ1) is 9.47. The fraction of sp³-hybridized carbons (Fsp3) is 0.294. The molecule has 0 amide bonds. The Morgan fingerprint density at radius 2 is 1.80 bits per heavy atom. The van der Waals surface area contributed by atoms with Crippen LogP contribution in [0.4, 0.5) is 4.39 Å². The van der Waals surface area contributed by atoms with E-state index in [4.69, 9.17) is 0 Å². The summed E-state index contributed by atoms with van der Waals surface area (Å²) in [6, 6.07) is 11.1. The van der Waals surface area contributed by atoms with Crippen molar-refractivity contribution in [2.75, 3.05) is 0 Å². The third-order valence-corrected chi connectivity index (χ3v) is 4.34. The molecule has 0 aliphatic heterocycles. The summed E-state index contributed by atoms with van der Waals surface area (Å²) in [7, 11) is 0. The summed E-state index contributed by atoms with van der Waals surface area (Å²) in [4.78, 5) is 0. The number of aliphatic hydroxyl groups is 1. The van der Waals surface area contributed by atoms with Crippen LogP contribution in [0.5, 0.6) is 0 Å². The molecular weight excluding hydrogens is 319 g/mol. The van der Waals surface area contributed by atoms with Crippen molar-refractivity contribution in [2.24, 2.45) is 0 Å². The van der Waals surface area contributed by atoms with E-state index in [1.165, 1.54) is 17.2 Å². The van der Waals surface area contributed by atoms with Crippen LogP contribution in [0.2, 0.25) is 0 Å². The molecule has 0 spiro atoms. The molecule has 0 heterocycles. The van der Waals surface area contributed by atoms with E-state index in [9.17, 15) is 9.50 Å². The summed E-state index contributed by atoms with van der Waals surface area (Å²) in [5, 5.41) is 10.2. The number of hydrogen-bond acceptors (Lipinski definition) is 1. The van der Waals surface area contributed by atoms with Gasteiger partial charge in [-0.25, -0.2) is 4.39 Å². The van der Waals surface area contributed by atoms with Gasteiger partial charge in [-0.1, -0.05) is 35.9 Å². The molecule has 1 unspecified atom stereocenters. The maximum atomic E-state index is 13.4. The highest BCUT2D eigenvalue weighted by Gasteiger charge is 2.12. The maximum absolute atomic E-state index is 13.4. The largest absolute Gasteiger partial charge is 0.392 e. The summed E-state index contributed by atoms with van der Waals surface area (Å²) in [6.07, 6.45) is 0.496. The third kappa shape index (κ3) is 3.68. The van der Waals surface area contributed by atoms with Gasteiger partial charge in [0, 0.05) is 0 Å². The van der Waals surface area contributed by atoms with E-state index in [0.29, 0.717) is 17.3 Å². The van der Waals surface area contributed by atoms with Gasteiger partial charge in [0.15, 0.2) is 0 Å². The number of hydrogen-bond donors (Lipinski definition) is 1. The van der Waals surface area contributed by atoms with Gasteiger partial charge < -0.3 is 5.11 Å². The van der Waals surface area contributed by atoms with Gasteiger partial charge in [0.1, 0.15) is 5.82 Å². The lowest BCUT2D eigenvalue weighted by molar-refractivity contribution is 0.175. The third-order valence-electron chi connectivity index (χ3n) is 3.45. The average Bonchev–Trinajstić information content (AvgIpc) is 2.39. The second-order valence-electron chi connectivity index (χ2n) is 5.20. The Balaban J connectivity index is 2.11. The normalized spacial score (nSPS) is 12.4. The van der Waals surface area contributed by atoms with Crippen LogP contribution in [0.15, 0.2) is 40.9 Å². The second kappa shape index (κ2) is 6.51. The lowest BCUT2D eigenvalue weighted by atomic mass is 9.97. The molecule has 0 saturated heterocycles. The Kier molecular flexibility index (Phi) is 4.95. The zero-order valence-electron chi connectivity index (χ0n) is 11.7. The van der Waals surface area contributed by atoms with Crippen molar-refractivity contribution in [2.45, 2.75) is 32.8 Å². The lowest BCUT2D eigenvalue weighted by Gasteiger charge is -2.14. The summed E-state index contributed by atoms with van der Waals surface area (Å²) in [5.41, 5.74) is 4.30. The summed E-state index contributed by atoms with van der Waals surface area (Å²) in [6.45, 7) is 4.08. The van der Waals surface area contributed by atoms with Crippen LogP contribution in [0.1, 0.15) is 22.3 Å². The van der Waals surface area contributed by atoms with Crippen molar-refractivity contribution in [3.63, 3.8) is 0 Å². The molecule has 0 aliphatic rings. The molecule has 20 heavy (non-hydrogen) atoms. The van der Waals surface area contributed by atoms with Crippen molar-refractivity contribution in [3.05, 3.63) is 68.9 Å². The number of aliphatic hydroxyl groups excluding tert-OH is 1. The molecule has 0 fully saturated rings. The molecule has 2 aromatic carbocycles. The molecule has 2 aromatic rings. The number of rotatable bonds is 4. The molecular formula is C17H18BrFO. The van der Waals surface area contributed by atoms with Crippen LogP contribution >= 0.6 is 15.9 Å². The first-order valence-electron chi connectivity index (χ1n) is 6.64. The van der Waals surface area contributed by atoms with E-state index in [1.807, 2.05) is 19.9 Å². The lowest BCUT2D eigenvalue weighted by Crippen LogP contribution is -2.15. The fourth-order valence-electron chi connectivity index (χ4n) is 2.31. The topological polar surface area (TPSA) is 20.2 Å². The highest BCUT2D eigenvalue weighted by Crippen LogP contribution is 2.23. The van der Waals surface area contributed by atoms with Crippen LogP contribution in [0.3, 0.4) is 0 Å². The van der Waals surface area contributed by atoms with Gasteiger partial charge in [0.05, 0.1) is 10.6 Å². The molecule has 0 radical (unpaired) electrons. The van der Waals surface area contributed by atoms with Gasteiger partial charge in [-0.05, 0) is 65.4 Å². The van der Waals surface area contributed by atoms with E-state index in [2.05, 4.69) is 34.1 Å². The van der Waals surface area contributed by atoms with Crippen molar-refractivity contribution >= 4 is 15.9 Å². The molecule has 1 nitrogen and oxygen atoms in total. The Morgan fingerprint density at radius 1 is 1.10 bits per heavy atom. The first-order valence-corrected chi connectivity index (χ1v) is 7.43. The van der Waals surface area contributed by atoms with Gasteiger partial charge in [-0.2, -0.15) is 0 Å². The minimum absolute atomic E-state index is 0.290. The van der Waals surface area contributed by atoms with Crippen LogP contribution in [-0.4, -0.2) is 11.2 Å². The van der Waals surface area contributed by atoms with E-state index in [0.717, 1.165) is 11.1 Å². The van der Waals surface area contributed by atoms with Gasteiger partial charge >= 0.3 is 0 Å². The van der Waals surface area contributed by atoms with Crippen molar-refractivity contribution < 1.29 is 9.50 Å². The zero-order chi connectivity index (χ0) is 14.7. The van der Waals surface area contributed by atoms with Gasteiger partial charge in [0.2, 0.25) is 0 Å². The predicted octanol–water partition coefficient (Wildman–Crippen LogP) is 4.35. The van der Waals surface area contributed by atoms with Crippen molar-refractivity contribution in [1.29, 1.82) is 0 Å². The molecule has 0 aromatic heterocycles. The molecule has 0 aliphatic carbocycles. The summed E-state index contributed by atoms with van der Waals surface area (Å²) < 4.78 is 13.9. The maximum Gasteiger partial charge on any atom is 0.137 e. The zero-order valence-corrected chi connectivity index (χ0v) is 13.2. The Morgan fingerprint density at radius 3 is 2.55 bits per heavy atom. The second-order valence-corrected chi connectivity index (χ2v) is 6.00. The molecule has 106 valence electrons. The van der Waals surface area contributed by atoms with Gasteiger partial charge in [-0.15, -0.1) is 0 Å². The van der Waals surface area contributed by atoms with Gasteiger partial charge in [0.25, 0.3) is 0 Å². The number of aryl methyl sites for hydroxylation is 2. The summed E-state index contributed by atoms with van der Waals surface area (Å²) in [5.74, 6) is -0.290. The molecule has 1 N–H and O–H groups in total. The van der Waals surface area contributed by atoms with Crippen LogP contribution in [-0.2, 0) is 12.8 Å². The van der Waals surface area contributed by atoms with Crippen LogP contribution in [0, 0.1) is 19.7 Å². The van der Waals surface area contributed by atoms with Crippen molar-refractivity contribution in [1.82, 2.24) is 0 Å². The number of halogens is 2. The average molecular weight is 337 g/mol. The Bertz CT molecular complexity index is 606. The van der Waals surface area contributed by atoms with Crippen molar-refractivity contribution in [3.8, 4) is 0 Å². The monoisotopic (exact) mass is 336 g/mol. The fourth-order valence-corrected chi connectivity index (χ4v) is 2.73. The van der Waals surface area contributed by atoms with E-state index >= 15 is 0 Å². The van der Waals surface area contributed by atoms with Crippen LogP contribution < -0.4 is 0 Å². The molecule has 0 bridgehead atoms. The highest BCUT2D eigenvalue weighted by molar-refractivity contribution is 9.10. The summed E-state index contributed by atoms with van der Waals surface area (Å²) >= 11 is 3.23. The standard InChI is InChI=1S/C17H18BrFO/c1-11-6-7-12(2)14(8-11)10-15(20)9-13-4-3-5-16(19)17(13)18/h3-8,15,20H,9-10H2,1-2H3. The minimum Gasteiger partial charge on any atom is -0.392 e. The predicted molar refractivity (Wildman–Crippen MR) is 83.4 cm³/mol. The molecule has 3 heteroatoms. The number of benzene rings is 2. The highest BCUT2D eigenvalue weighted by atomic mass is 79.9. The quantitative estimate of drug-likeness (QED) is 0.879. The smallest absolute Gasteiger partial charge is 0.137 e. The molecule has 1 atom stereocenters. The minimum atomic E-state index is -0.520.